The van der Waals surface area contributed by atoms with Crippen LogP contribution in [0.1, 0.15) is 46.5 Å². The number of hydrogen-bond donors (Lipinski definition) is 1. The van der Waals surface area contributed by atoms with Crippen LogP contribution in [0.3, 0.4) is 0 Å². The normalized spacial score (nSPS) is 34.5. The van der Waals surface area contributed by atoms with E-state index in [-0.39, 0.29) is 22.6 Å². The van der Waals surface area contributed by atoms with Gasteiger partial charge in [-0.2, -0.15) is 0 Å². The number of methoxy groups -OCH3 is 1. The van der Waals surface area contributed by atoms with Crippen molar-refractivity contribution < 1.29 is 14.6 Å². The molecule has 4 heteroatoms. The van der Waals surface area contributed by atoms with E-state index in [4.69, 9.17) is 0 Å². The number of alkyl halides is 1. The topological polar surface area (TPSA) is 46.5 Å². The van der Waals surface area contributed by atoms with E-state index >= 15 is 0 Å². The van der Waals surface area contributed by atoms with E-state index in [1.165, 1.54) is 7.11 Å². The lowest BCUT2D eigenvalue weighted by Gasteiger charge is -2.44. The monoisotopic (exact) mass is 306 g/mol. The highest BCUT2D eigenvalue weighted by Crippen LogP contribution is 2.45. The van der Waals surface area contributed by atoms with Crippen molar-refractivity contribution in [3.05, 3.63) is 0 Å². The van der Waals surface area contributed by atoms with E-state index in [1.807, 2.05) is 0 Å². The van der Waals surface area contributed by atoms with Crippen molar-refractivity contribution in [1.82, 2.24) is 0 Å². The first-order chi connectivity index (χ1) is 7.69. The molecular formula is C13H23BrO3. The van der Waals surface area contributed by atoms with Crippen molar-refractivity contribution in [1.29, 1.82) is 0 Å². The highest BCUT2D eigenvalue weighted by Gasteiger charge is 2.44. The summed E-state index contributed by atoms with van der Waals surface area (Å²) < 4.78 is 4.64. The van der Waals surface area contributed by atoms with Gasteiger partial charge in [0.15, 0.2) is 0 Å². The van der Waals surface area contributed by atoms with Crippen molar-refractivity contribution >= 4 is 21.9 Å². The van der Waals surface area contributed by atoms with Gasteiger partial charge >= 0.3 is 5.97 Å². The first-order valence-electron chi connectivity index (χ1n) is 6.12. The second kappa shape index (κ2) is 5.27. The molecule has 0 saturated heterocycles. The molecule has 0 aromatic heterocycles. The van der Waals surface area contributed by atoms with E-state index in [9.17, 15) is 9.90 Å². The molecule has 17 heavy (non-hydrogen) atoms. The highest BCUT2D eigenvalue weighted by atomic mass is 79.9. The van der Waals surface area contributed by atoms with Gasteiger partial charge in [-0.1, -0.05) is 36.7 Å². The molecule has 0 aromatic rings. The number of ether oxygens (including phenoxy) is 1. The van der Waals surface area contributed by atoms with E-state index in [0.29, 0.717) is 12.3 Å². The van der Waals surface area contributed by atoms with Crippen molar-refractivity contribution in [2.45, 2.75) is 56.9 Å². The molecule has 0 radical (unpaired) electrons. The first kappa shape index (κ1) is 15.0. The van der Waals surface area contributed by atoms with E-state index in [1.54, 1.807) is 0 Å². The average molecular weight is 307 g/mol. The molecule has 1 fully saturated rings. The Labute approximate surface area is 112 Å². The molecule has 1 N–H and O–H groups in total. The molecule has 1 aliphatic carbocycles. The van der Waals surface area contributed by atoms with Gasteiger partial charge in [0.2, 0.25) is 0 Å². The molecule has 1 aliphatic rings. The third-order valence-electron chi connectivity index (χ3n) is 3.90. The van der Waals surface area contributed by atoms with Crippen LogP contribution in [-0.4, -0.2) is 28.6 Å². The number of halogens is 1. The molecule has 0 spiro atoms. The summed E-state index contributed by atoms with van der Waals surface area (Å²) in [7, 11) is 1.36. The summed E-state index contributed by atoms with van der Waals surface area (Å²) in [5, 5.41) is 10.5. The highest BCUT2D eigenvalue weighted by molar-refractivity contribution is 9.09. The molecule has 0 amide bonds. The zero-order valence-corrected chi connectivity index (χ0v) is 12.7. The van der Waals surface area contributed by atoms with Crippen molar-refractivity contribution in [3.63, 3.8) is 0 Å². The van der Waals surface area contributed by atoms with Crippen LogP contribution in [0.2, 0.25) is 0 Å². The number of carbonyl (C=O) groups is 1. The van der Waals surface area contributed by atoms with Crippen LogP contribution in [0.4, 0.5) is 0 Å². The number of rotatable bonds is 2. The molecular weight excluding hydrogens is 284 g/mol. The van der Waals surface area contributed by atoms with Gasteiger partial charge < -0.3 is 9.84 Å². The smallest absolute Gasteiger partial charge is 0.308 e. The summed E-state index contributed by atoms with van der Waals surface area (Å²) in [5.41, 5.74) is -0.701. The van der Waals surface area contributed by atoms with Crippen molar-refractivity contribution in [2.75, 3.05) is 7.11 Å². The second-order valence-electron chi connectivity index (χ2n) is 6.16. The fraction of sp³-hybridized carbons (Fsp3) is 0.923. The van der Waals surface area contributed by atoms with Gasteiger partial charge in [0.1, 0.15) is 0 Å². The van der Waals surface area contributed by atoms with Gasteiger partial charge in [0, 0.05) is 4.83 Å². The minimum Gasteiger partial charge on any atom is -0.469 e. The molecule has 3 nitrogen and oxygen atoms in total. The molecule has 100 valence electrons. The number of aliphatic hydroxyl groups is 1. The predicted octanol–water partition coefficient (Wildman–Crippen LogP) is 2.89. The Hall–Kier alpha value is -0.0900. The van der Waals surface area contributed by atoms with Crippen LogP contribution in [0.15, 0.2) is 0 Å². The van der Waals surface area contributed by atoms with Crippen LogP contribution in [0, 0.1) is 11.3 Å². The van der Waals surface area contributed by atoms with Crippen molar-refractivity contribution in [2.24, 2.45) is 11.3 Å². The minimum absolute atomic E-state index is 0.0351. The Bertz CT molecular complexity index is 285. The average Bonchev–Trinajstić information content (AvgIpc) is 2.20. The molecule has 0 aromatic carbocycles. The zero-order valence-electron chi connectivity index (χ0n) is 11.1. The number of carbonyl (C=O) groups excluding carboxylic acids is 1. The molecule has 0 aliphatic heterocycles. The summed E-state index contributed by atoms with van der Waals surface area (Å²) in [6.45, 7) is 6.67. The fourth-order valence-electron chi connectivity index (χ4n) is 2.48. The summed E-state index contributed by atoms with van der Waals surface area (Å²) in [5.74, 6) is 0.232. The van der Waals surface area contributed by atoms with Gasteiger partial charge in [-0.3, -0.25) is 4.79 Å². The quantitative estimate of drug-likeness (QED) is 0.630. The molecule has 0 heterocycles. The van der Waals surface area contributed by atoms with Gasteiger partial charge in [0.05, 0.1) is 19.1 Å². The maximum absolute atomic E-state index is 11.3. The maximum atomic E-state index is 11.3. The van der Waals surface area contributed by atoms with Gasteiger partial charge in [-0.25, -0.2) is 0 Å². The molecule has 1 rings (SSSR count). The molecule has 1 saturated carbocycles. The minimum atomic E-state index is -0.950. The van der Waals surface area contributed by atoms with E-state index in [0.717, 1.165) is 12.8 Å². The second-order valence-corrected chi connectivity index (χ2v) is 7.27. The predicted molar refractivity (Wildman–Crippen MR) is 71.1 cm³/mol. The van der Waals surface area contributed by atoms with Gasteiger partial charge in [-0.05, 0) is 30.6 Å². The van der Waals surface area contributed by atoms with Crippen LogP contribution in [-0.2, 0) is 9.53 Å². The Morgan fingerprint density at radius 2 is 2.12 bits per heavy atom. The standard InChI is InChI=1S/C13H23BrO3/c1-12(2,3)9-5-6-13(16,10(14)7-9)8-11(15)17-4/h9-10,16H,5-8H2,1-4H3/t9-,10+,13-/m0/s1. The fourth-order valence-corrected chi connectivity index (χ4v) is 3.32. The Balaban J connectivity index is 2.67. The summed E-state index contributed by atoms with van der Waals surface area (Å²) >= 11 is 3.54. The largest absolute Gasteiger partial charge is 0.469 e. The molecule has 0 unspecified atom stereocenters. The van der Waals surface area contributed by atoms with Crippen molar-refractivity contribution in [3.8, 4) is 0 Å². The maximum Gasteiger partial charge on any atom is 0.308 e. The SMILES string of the molecule is COC(=O)C[C@@]1(O)CC[C@H](C(C)(C)C)C[C@H]1Br. The van der Waals surface area contributed by atoms with Gasteiger partial charge in [0.25, 0.3) is 0 Å². The summed E-state index contributed by atoms with van der Waals surface area (Å²) in [6, 6.07) is 0. The Kier molecular flexibility index (Phi) is 4.64. The van der Waals surface area contributed by atoms with E-state index in [2.05, 4.69) is 41.4 Å². The van der Waals surface area contributed by atoms with Gasteiger partial charge in [-0.15, -0.1) is 0 Å². The Morgan fingerprint density at radius 3 is 2.53 bits per heavy atom. The third-order valence-corrected chi connectivity index (χ3v) is 5.13. The summed E-state index contributed by atoms with van der Waals surface area (Å²) in [6.07, 6.45) is 2.59. The zero-order chi connectivity index (χ0) is 13.3. The lowest BCUT2D eigenvalue weighted by atomic mass is 9.67. The number of hydrogen-bond acceptors (Lipinski definition) is 3. The lowest BCUT2D eigenvalue weighted by Crippen LogP contribution is -2.47. The Morgan fingerprint density at radius 1 is 1.53 bits per heavy atom. The van der Waals surface area contributed by atoms with Crippen LogP contribution >= 0.6 is 15.9 Å². The molecule has 3 atom stereocenters. The van der Waals surface area contributed by atoms with Crippen LogP contribution in [0.25, 0.3) is 0 Å². The summed E-state index contributed by atoms with van der Waals surface area (Å²) in [4.78, 5) is 11.3. The third kappa shape index (κ3) is 3.68. The first-order valence-corrected chi connectivity index (χ1v) is 7.04. The number of esters is 1. The molecule has 0 bridgehead atoms. The van der Waals surface area contributed by atoms with E-state index < -0.39 is 5.60 Å². The van der Waals surface area contributed by atoms with Crippen LogP contribution in [0.5, 0.6) is 0 Å². The lowest BCUT2D eigenvalue weighted by molar-refractivity contribution is -0.147. The van der Waals surface area contributed by atoms with Crippen LogP contribution < -0.4 is 0 Å².